The van der Waals surface area contributed by atoms with Crippen LogP contribution in [0.15, 0.2) is 53.3 Å². The zero-order chi connectivity index (χ0) is 19.2. The molecule has 2 amide bonds. The number of hydrogen-bond acceptors (Lipinski definition) is 5. The summed E-state index contributed by atoms with van der Waals surface area (Å²) < 4.78 is 11.9. The summed E-state index contributed by atoms with van der Waals surface area (Å²) in [7, 11) is 1.61. The first-order chi connectivity index (χ1) is 13.0. The minimum absolute atomic E-state index is 0.218. The highest BCUT2D eigenvalue weighted by atomic mass is 35.5. The maximum Gasteiger partial charge on any atom is 0.272 e. The summed E-state index contributed by atoms with van der Waals surface area (Å²) in [6.07, 6.45) is 2.93. The average Bonchev–Trinajstić information content (AvgIpc) is 3.29. The van der Waals surface area contributed by atoms with Crippen LogP contribution in [0.25, 0.3) is 0 Å². The molecular formula is C18H17ClN4O4. The van der Waals surface area contributed by atoms with Crippen LogP contribution < -0.4 is 15.4 Å². The lowest BCUT2D eigenvalue weighted by molar-refractivity contribution is -0.118. The Morgan fingerprint density at radius 2 is 2.04 bits per heavy atom. The minimum atomic E-state index is -0.418. The number of amides is 2. The normalized spacial score (nSPS) is 10.4. The first-order valence-corrected chi connectivity index (χ1v) is 8.41. The predicted octanol–water partition coefficient (Wildman–Crippen LogP) is 2.61. The lowest BCUT2D eigenvalue weighted by atomic mass is 10.3. The topological polar surface area (TPSA) is 98.4 Å². The summed E-state index contributed by atoms with van der Waals surface area (Å²) in [6.45, 7) is 0.00799. The molecule has 2 heterocycles. The third-order valence-electron chi connectivity index (χ3n) is 3.61. The Morgan fingerprint density at radius 1 is 1.26 bits per heavy atom. The standard InChI is InChI=1S/C18H17ClN4O4/c1-23-17(18(25)20-9-14-3-2-8-26-14)15(10-21-23)22-16(24)11-27-13-6-4-12(19)5-7-13/h2-8,10H,9,11H2,1H3,(H,20,25)(H,22,24). The molecule has 0 aliphatic heterocycles. The summed E-state index contributed by atoms with van der Waals surface area (Å²) in [5, 5.41) is 9.95. The number of aryl methyl sites for hydroxylation is 1. The van der Waals surface area contributed by atoms with E-state index >= 15 is 0 Å². The number of rotatable bonds is 7. The number of hydrogen-bond donors (Lipinski definition) is 2. The molecular weight excluding hydrogens is 372 g/mol. The van der Waals surface area contributed by atoms with Gasteiger partial charge in [-0.3, -0.25) is 14.3 Å². The van der Waals surface area contributed by atoms with E-state index in [4.69, 9.17) is 20.8 Å². The van der Waals surface area contributed by atoms with Gasteiger partial charge in [-0.05, 0) is 36.4 Å². The number of halogens is 1. The Kier molecular flexibility index (Phi) is 5.77. The first-order valence-electron chi connectivity index (χ1n) is 8.03. The van der Waals surface area contributed by atoms with E-state index in [2.05, 4.69) is 15.7 Å². The quantitative estimate of drug-likeness (QED) is 0.648. The number of anilines is 1. The molecule has 0 bridgehead atoms. The van der Waals surface area contributed by atoms with Crippen molar-refractivity contribution < 1.29 is 18.7 Å². The third-order valence-corrected chi connectivity index (χ3v) is 3.87. The molecule has 2 N–H and O–H groups in total. The van der Waals surface area contributed by atoms with Gasteiger partial charge in [-0.15, -0.1) is 0 Å². The second-order valence-corrected chi connectivity index (χ2v) is 6.02. The van der Waals surface area contributed by atoms with Gasteiger partial charge in [0.05, 0.1) is 24.7 Å². The van der Waals surface area contributed by atoms with Crippen LogP contribution in [-0.2, 0) is 18.4 Å². The Labute approximate surface area is 160 Å². The van der Waals surface area contributed by atoms with Crippen molar-refractivity contribution in [2.24, 2.45) is 7.05 Å². The van der Waals surface area contributed by atoms with Gasteiger partial charge in [0.1, 0.15) is 17.2 Å². The zero-order valence-corrected chi connectivity index (χ0v) is 15.2. The average molecular weight is 389 g/mol. The number of carbonyl (C=O) groups is 2. The molecule has 3 aromatic rings. The third kappa shape index (κ3) is 4.89. The fourth-order valence-corrected chi connectivity index (χ4v) is 2.45. The molecule has 0 spiro atoms. The van der Waals surface area contributed by atoms with Crippen molar-refractivity contribution in [3.05, 3.63) is 65.3 Å². The monoisotopic (exact) mass is 388 g/mol. The van der Waals surface area contributed by atoms with Crippen molar-refractivity contribution in [2.75, 3.05) is 11.9 Å². The van der Waals surface area contributed by atoms with E-state index in [1.54, 1.807) is 43.4 Å². The van der Waals surface area contributed by atoms with Gasteiger partial charge < -0.3 is 19.8 Å². The van der Waals surface area contributed by atoms with Crippen LogP contribution in [0, 0.1) is 0 Å². The number of carbonyl (C=O) groups excluding carboxylic acids is 2. The summed E-state index contributed by atoms with van der Waals surface area (Å²) >= 11 is 5.80. The van der Waals surface area contributed by atoms with Gasteiger partial charge in [-0.2, -0.15) is 5.10 Å². The van der Waals surface area contributed by atoms with Crippen LogP contribution in [0.4, 0.5) is 5.69 Å². The molecule has 1 aromatic carbocycles. The number of nitrogens with one attached hydrogen (secondary N) is 2. The molecule has 0 saturated carbocycles. The molecule has 3 rings (SSSR count). The number of ether oxygens (including phenoxy) is 1. The van der Waals surface area contributed by atoms with Crippen molar-refractivity contribution in [3.63, 3.8) is 0 Å². The van der Waals surface area contributed by atoms with Gasteiger partial charge in [0.25, 0.3) is 11.8 Å². The van der Waals surface area contributed by atoms with E-state index in [1.807, 2.05) is 0 Å². The fraction of sp³-hybridized carbons (Fsp3) is 0.167. The van der Waals surface area contributed by atoms with Gasteiger partial charge in [-0.25, -0.2) is 0 Å². The van der Waals surface area contributed by atoms with Crippen molar-refractivity contribution in [1.29, 1.82) is 0 Å². The van der Waals surface area contributed by atoms with Gasteiger partial charge in [0, 0.05) is 12.1 Å². The summed E-state index contributed by atoms with van der Waals surface area (Å²) in [6, 6.07) is 10.1. The van der Waals surface area contributed by atoms with E-state index in [1.165, 1.54) is 17.1 Å². The summed E-state index contributed by atoms with van der Waals surface area (Å²) in [4.78, 5) is 24.6. The van der Waals surface area contributed by atoms with Crippen molar-refractivity contribution >= 4 is 29.1 Å². The lowest BCUT2D eigenvalue weighted by Gasteiger charge is -2.09. The largest absolute Gasteiger partial charge is 0.484 e. The Hall–Kier alpha value is -3.26. The predicted molar refractivity (Wildman–Crippen MR) is 98.7 cm³/mol. The molecule has 0 unspecified atom stereocenters. The maximum absolute atomic E-state index is 12.4. The molecule has 0 fully saturated rings. The molecule has 0 saturated heterocycles. The lowest BCUT2D eigenvalue weighted by Crippen LogP contribution is -2.27. The first kappa shape index (κ1) is 18.5. The second kappa shape index (κ2) is 8.41. The van der Waals surface area contributed by atoms with Gasteiger partial charge in [0.15, 0.2) is 6.61 Å². The van der Waals surface area contributed by atoms with Gasteiger partial charge in [0.2, 0.25) is 0 Å². The summed E-state index contributed by atoms with van der Waals surface area (Å²) in [5.41, 5.74) is 0.514. The number of nitrogens with zero attached hydrogens (tertiary/aromatic N) is 2. The van der Waals surface area contributed by atoms with E-state index < -0.39 is 5.91 Å². The highest BCUT2D eigenvalue weighted by Crippen LogP contribution is 2.17. The van der Waals surface area contributed by atoms with Crippen molar-refractivity contribution in [2.45, 2.75) is 6.54 Å². The second-order valence-electron chi connectivity index (χ2n) is 5.58. The fourth-order valence-electron chi connectivity index (χ4n) is 2.33. The van der Waals surface area contributed by atoms with Crippen LogP contribution in [0.5, 0.6) is 5.75 Å². The van der Waals surface area contributed by atoms with E-state index in [0.717, 1.165) is 0 Å². The van der Waals surface area contributed by atoms with E-state index in [0.29, 0.717) is 22.2 Å². The minimum Gasteiger partial charge on any atom is -0.484 e. The maximum atomic E-state index is 12.4. The van der Waals surface area contributed by atoms with Crippen LogP contribution >= 0.6 is 11.6 Å². The van der Waals surface area contributed by atoms with Crippen molar-refractivity contribution in [3.8, 4) is 5.75 Å². The molecule has 0 atom stereocenters. The number of aromatic nitrogens is 2. The molecule has 140 valence electrons. The smallest absolute Gasteiger partial charge is 0.272 e. The molecule has 9 heteroatoms. The van der Waals surface area contributed by atoms with Crippen LogP contribution in [0.3, 0.4) is 0 Å². The summed E-state index contributed by atoms with van der Waals surface area (Å²) in [5.74, 6) is 0.322. The number of benzene rings is 1. The van der Waals surface area contributed by atoms with E-state index in [-0.39, 0.29) is 24.8 Å². The molecule has 2 aromatic heterocycles. The highest BCUT2D eigenvalue weighted by Gasteiger charge is 2.19. The van der Waals surface area contributed by atoms with Crippen LogP contribution in [0.1, 0.15) is 16.2 Å². The van der Waals surface area contributed by atoms with Gasteiger partial charge >= 0.3 is 0 Å². The molecule has 8 nitrogen and oxygen atoms in total. The Balaban J connectivity index is 1.58. The van der Waals surface area contributed by atoms with Gasteiger partial charge in [-0.1, -0.05) is 11.6 Å². The van der Waals surface area contributed by atoms with Crippen LogP contribution in [0.2, 0.25) is 5.02 Å². The highest BCUT2D eigenvalue weighted by molar-refractivity contribution is 6.30. The SMILES string of the molecule is Cn1ncc(NC(=O)COc2ccc(Cl)cc2)c1C(=O)NCc1ccco1. The van der Waals surface area contributed by atoms with E-state index in [9.17, 15) is 9.59 Å². The number of furan rings is 1. The van der Waals surface area contributed by atoms with Crippen molar-refractivity contribution in [1.82, 2.24) is 15.1 Å². The molecule has 27 heavy (non-hydrogen) atoms. The Bertz CT molecular complexity index is 920. The molecule has 0 aliphatic rings. The molecule has 0 aliphatic carbocycles. The molecule has 0 radical (unpaired) electrons. The Morgan fingerprint density at radius 3 is 2.74 bits per heavy atom. The van der Waals surface area contributed by atoms with Crippen LogP contribution in [-0.4, -0.2) is 28.2 Å². The zero-order valence-electron chi connectivity index (χ0n) is 14.4.